The van der Waals surface area contributed by atoms with Crippen LogP contribution in [0.3, 0.4) is 0 Å². The third-order valence-electron chi connectivity index (χ3n) is 4.00. The van der Waals surface area contributed by atoms with Gasteiger partial charge in [0.25, 0.3) is 11.1 Å². The zero-order valence-corrected chi connectivity index (χ0v) is 18.9. The van der Waals surface area contributed by atoms with Crippen LogP contribution in [-0.4, -0.2) is 42.2 Å². The molecular weight excluding hydrogens is 545 g/mol. The van der Waals surface area contributed by atoms with Crippen molar-refractivity contribution in [3.8, 4) is 11.5 Å². The number of rotatable bonds is 7. The monoisotopic (exact) mass is 560 g/mol. The minimum Gasteiger partial charge on any atom is -0.493 e. The average Bonchev–Trinajstić information content (AvgIpc) is 2.97. The quantitative estimate of drug-likeness (QED) is 0.395. The lowest BCUT2D eigenvalue weighted by atomic mass is 10.2. The fourth-order valence-corrected chi connectivity index (χ4v) is 3.83. The highest BCUT2D eigenvalue weighted by atomic mass is 127. The van der Waals surface area contributed by atoms with Gasteiger partial charge in [0.1, 0.15) is 6.54 Å². The van der Waals surface area contributed by atoms with E-state index in [0.717, 1.165) is 8.47 Å². The Morgan fingerprint density at radius 2 is 1.90 bits per heavy atom. The first kappa shape index (κ1) is 23.0. The lowest BCUT2D eigenvalue weighted by Crippen LogP contribution is -2.36. The smallest absolute Gasteiger partial charge is 0.387 e. The predicted octanol–water partition coefficient (Wildman–Crippen LogP) is 4.58. The Labute approximate surface area is 193 Å². The van der Waals surface area contributed by atoms with Crippen molar-refractivity contribution in [3.05, 3.63) is 56.5 Å². The van der Waals surface area contributed by atoms with E-state index in [2.05, 4.69) is 32.6 Å². The van der Waals surface area contributed by atoms with Crippen molar-refractivity contribution in [1.82, 2.24) is 4.90 Å². The molecule has 162 valence electrons. The summed E-state index contributed by atoms with van der Waals surface area (Å²) in [6.45, 7) is -3.44. The summed E-state index contributed by atoms with van der Waals surface area (Å²) < 4.78 is 35.3. The molecule has 0 spiro atoms. The lowest BCUT2D eigenvalue weighted by molar-refractivity contribution is -0.127. The molecule has 0 aromatic heterocycles. The molecule has 1 aliphatic heterocycles. The lowest BCUT2D eigenvalue weighted by Gasteiger charge is -2.12. The van der Waals surface area contributed by atoms with E-state index in [1.807, 2.05) is 12.1 Å². The van der Waals surface area contributed by atoms with E-state index in [-0.39, 0.29) is 16.4 Å². The number of imide groups is 1. The van der Waals surface area contributed by atoms with Gasteiger partial charge in [-0.3, -0.25) is 19.3 Å². The third-order valence-corrected chi connectivity index (χ3v) is 5.63. The van der Waals surface area contributed by atoms with E-state index in [4.69, 9.17) is 4.74 Å². The predicted molar refractivity (Wildman–Crippen MR) is 120 cm³/mol. The summed E-state index contributed by atoms with van der Waals surface area (Å²) in [6.07, 6.45) is 1.41. The van der Waals surface area contributed by atoms with Crippen LogP contribution in [0.2, 0.25) is 0 Å². The molecule has 1 heterocycles. The first-order valence-corrected chi connectivity index (χ1v) is 10.6. The van der Waals surface area contributed by atoms with Gasteiger partial charge in [0.2, 0.25) is 5.91 Å². The van der Waals surface area contributed by atoms with E-state index in [0.29, 0.717) is 23.0 Å². The summed E-state index contributed by atoms with van der Waals surface area (Å²) in [5.41, 5.74) is 0.985. The summed E-state index contributed by atoms with van der Waals surface area (Å²) >= 11 is 2.81. The molecule has 11 heteroatoms. The molecule has 1 N–H and O–H groups in total. The third kappa shape index (κ3) is 5.94. The Morgan fingerprint density at radius 3 is 2.55 bits per heavy atom. The summed E-state index contributed by atoms with van der Waals surface area (Å²) in [5.74, 6) is -1.25. The van der Waals surface area contributed by atoms with E-state index in [9.17, 15) is 23.2 Å². The fraction of sp³-hybridized carbons (Fsp3) is 0.150. The standard InChI is InChI=1S/C20H15F2IN2O5S/c1-29-15-8-11(2-7-14(15)30-19(21)22)9-16-18(27)25(20(28)31-16)10-17(26)24-13-5-3-12(23)4-6-13/h2-9,19H,10H2,1H3,(H,24,26)/b16-9-. The Hall–Kier alpha value is -2.67. The van der Waals surface area contributed by atoms with Crippen LogP contribution in [0.1, 0.15) is 5.56 Å². The summed E-state index contributed by atoms with van der Waals surface area (Å²) in [5, 5.41) is 2.05. The SMILES string of the molecule is COc1cc(/C=C2\SC(=O)N(CC(=O)Nc3ccc(I)cc3)C2=O)ccc1OC(F)F. The van der Waals surface area contributed by atoms with Crippen molar-refractivity contribution in [2.75, 3.05) is 19.0 Å². The number of benzene rings is 2. The molecule has 0 saturated carbocycles. The highest BCUT2D eigenvalue weighted by Crippen LogP contribution is 2.35. The minimum absolute atomic E-state index is 0.0465. The Morgan fingerprint density at radius 1 is 1.19 bits per heavy atom. The topological polar surface area (TPSA) is 84.9 Å². The molecule has 0 atom stereocenters. The van der Waals surface area contributed by atoms with E-state index in [1.165, 1.54) is 31.4 Å². The van der Waals surface area contributed by atoms with Crippen LogP contribution < -0.4 is 14.8 Å². The maximum Gasteiger partial charge on any atom is 0.387 e. The van der Waals surface area contributed by atoms with Crippen LogP contribution in [0.15, 0.2) is 47.4 Å². The van der Waals surface area contributed by atoms with Gasteiger partial charge in [0, 0.05) is 9.26 Å². The number of hydrogen-bond acceptors (Lipinski definition) is 6. The number of halogens is 3. The fourth-order valence-electron chi connectivity index (χ4n) is 2.63. The molecule has 0 bridgehead atoms. The maximum atomic E-state index is 12.6. The van der Waals surface area contributed by atoms with Crippen molar-refractivity contribution in [2.24, 2.45) is 0 Å². The summed E-state index contributed by atoms with van der Waals surface area (Å²) in [6, 6.07) is 11.2. The largest absolute Gasteiger partial charge is 0.493 e. The van der Waals surface area contributed by atoms with Crippen molar-refractivity contribution in [2.45, 2.75) is 6.61 Å². The van der Waals surface area contributed by atoms with Crippen LogP contribution >= 0.6 is 34.4 Å². The molecule has 7 nitrogen and oxygen atoms in total. The normalized spacial score (nSPS) is 15.0. The van der Waals surface area contributed by atoms with Crippen LogP contribution in [-0.2, 0) is 9.59 Å². The van der Waals surface area contributed by atoms with Gasteiger partial charge in [-0.25, -0.2) is 0 Å². The molecular formula is C20H15F2IN2O5S. The number of anilines is 1. The summed E-state index contributed by atoms with van der Waals surface area (Å²) in [7, 11) is 1.29. The second-order valence-electron chi connectivity index (χ2n) is 6.11. The average molecular weight is 560 g/mol. The van der Waals surface area contributed by atoms with Crippen LogP contribution in [0.25, 0.3) is 6.08 Å². The molecule has 2 aromatic carbocycles. The van der Waals surface area contributed by atoms with Crippen molar-refractivity contribution < 1.29 is 32.6 Å². The highest BCUT2D eigenvalue weighted by molar-refractivity contribution is 14.1. The molecule has 2 aromatic rings. The zero-order chi connectivity index (χ0) is 22.5. The summed E-state index contributed by atoms with van der Waals surface area (Å²) in [4.78, 5) is 38.0. The van der Waals surface area contributed by atoms with Crippen molar-refractivity contribution in [3.63, 3.8) is 0 Å². The molecule has 0 unspecified atom stereocenters. The van der Waals surface area contributed by atoms with Crippen molar-refractivity contribution >= 4 is 63.2 Å². The maximum absolute atomic E-state index is 12.6. The number of nitrogens with one attached hydrogen (secondary N) is 1. The number of thioether (sulfide) groups is 1. The second kappa shape index (κ2) is 10.1. The molecule has 31 heavy (non-hydrogen) atoms. The highest BCUT2D eigenvalue weighted by Gasteiger charge is 2.36. The minimum atomic E-state index is -3.01. The number of alkyl halides is 2. The number of ether oxygens (including phenoxy) is 2. The first-order valence-electron chi connectivity index (χ1n) is 8.70. The first-order chi connectivity index (χ1) is 14.8. The van der Waals surface area contributed by atoms with Crippen LogP contribution in [0.5, 0.6) is 11.5 Å². The van der Waals surface area contributed by atoms with Gasteiger partial charge < -0.3 is 14.8 Å². The number of methoxy groups -OCH3 is 1. The molecule has 1 fully saturated rings. The van der Waals surface area contributed by atoms with Crippen LogP contribution in [0.4, 0.5) is 19.3 Å². The van der Waals surface area contributed by atoms with Gasteiger partial charge >= 0.3 is 6.61 Å². The van der Waals surface area contributed by atoms with Gasteiger partial charge in [-0.15, -0.1) is 0 Å². The van der Waals surface area contributed by atoms with Gasteiger partial charge in [-0.2, -0.15) is 8.78 Å². The molecule has 0 radical (unpaired) electrons. The van der Waals surface area contributed by atoms with Gasteiger partial charge in [0.05, 0.1) is 12.0 Å². The number of hydrogen-bond donors (Lipinski definition) is 1. The molecule has 0 aliphatic carbocycles. The van der Waals surface area contributed by atoms with E-state index >= 15 is 0 Å². The Balaban J connectivity index is 1.71. The molecule has 3 amide bonds. The van der Waals surface area contributed by atoms with Crippen LogP contribution in [0, 0.1) is 3.57 Å². The number of amides is 3. The van der Waals surface area contributed by atoms with Gasteiger partial charge in [-0.05, 0) is 82.4 Å². The van der Waals surface area contributed by atoms with E-state index in [1.54, 1.807) is 12.1 Å². The van der Waals surface area contributed by atoms with Gasteiger partial charge in [0.15, 0.2) is 11.5 Å². The van der Waals surface area contributed by atoms with E-state index < -0.39 is 30.2 Å². The second-order valence-corrected chi connectivity index (χ2v) is 8.35. The number of nitrogens with zero attached hydrogens (tertiary/aromatic N) is 1. The van der Waals surface area contributed by atoms with Gasteiger partial charge in [-0.1, -0.05) is 6.07 Å². The van der Waals surface area contributed by atoms with Crippen molar-refractivity contribution in [1.29, 1.82) is 0 Å². The number of carbonyl (C=O) groups excluding carboxylic acids is 3. The molecule has 1 aliphatic rings. The molecule has 1 saturated heterocycles. The zero-order valence-electron chi connectivity index (χ0n) is 15.9. The Bertz CT molecular complexity index is 1050. The number of carbonyl (C=O) groups is 3. The Kier molecular flexibility index (Phi) is 7.49. The molecule has 3 rings (SSSR count).